The van der Waals surface area contributed by atoms with Crippen LogP contribution < -0.4 is 10.6 Å². The van der Waals surface area contributed by atoms with Crippen molar-refractivity contribution >= 4 is 18.3 Å². The van der Waals surface area contributed by atoms with Gasteiger partial charge < -0.3 is 20.2 Å². The molecule has 0 aliphatic rings. The second-order valence-corrected chi connectivity index (χ2v) is 8.85. The topological polar surface area (TPSA) is 87.4 Å². The summed E-state index contributed by atoms with van der Waals surface area (Å²) >= 11 is 0. The molecule has 0 aliphatic heterocycles. The van der Waals surface area contributed by atoms with Gasteiger partial charge in [0.05, 0.1) is 18.3 Å². The highest BCUT2D eigenvalue weighted by atomic mass is 35.5. The molecule has 1 aromatic heterocycles. The first-order valence-corrected chi connectivity index (χ1v) is 12.1. The monoisotopic (exact) mass is 541 g/mol. The lowest BCUT2D eigenvalue weighted by Gasteiger charge is -2.25. The smallest absolute Gasteiger partial charge is 0.251 e. The van der Waals surface area contributed by atoms with Crippen molar-refractivity contribution < 1.29 is 23.1 Å². The number of nitrogens with one attached hydrogen (secondary N) is 2. The highest BCUT2D eigenvalue weighted by molar-refractivity contribution is 5.95. The minimum absolute atomic E-state index is 0. The van der Waals surface area contributed by atoms with Crippen molar-refractivity contribution in [1.82, 2.24) is 15.6 Å². The normalized spacial score (nSPS) is 12.4. The molecule has 4 aromatic rings. The Balaban J connectivity index is 0.00000400. The zero-order chi connectivity index (χ0) is 26.2. The SMILES string of the molecule is CCc1cccc(CNC[C@H](O)[C@H](Cc2cc(F)cc(F)c2)NC(=O)c2cccc(-c3ncco3)c2)c1.Cl. The molecule has 4 rings (SSSR count). The van der Waals surface area contributed by atoms with Gasteiger partial charge in [-0.2, -0.15) is 0 Å². The number of aliphatic hydroxyl groups excluding tert-OH is 1. The van der Waals surface area contributed by atoms with E-state index < -0.39 is 29.7 Å². The summed E-state index contributed by atoms with van der Waals surface area (Å²) in [5.41, 5.74) is 3.57. The third kappa shape index (κ3) is 7.95. The minimum atomic E-state index is -1.03. The molecule has 0 bridgehead atoms. The van der Waals surface area contributed by atoms with Crippen molar-refractivity contribution in [2.24, 2.45) is 0 Å². The molecule has 0 aliphatic carbocycles. The van der Waals surface area contributed by atoms with Crippen molar-refractivity contribution in [2.45, 2.75) is 38.5 Å². The lowest BCUT2D eigenvalue weighted by Crippen LogP contribution is -2.48. The van der Waals surface area contributed by atoms with Crippen LogP contribution in [0, 0.1) is 11.6 Å². The summed E-state index contributed by atoms with van der Waals surface area (Å²) in [5, 5.41) is 17.0. The van der Waals surface area contributed by atoms with Gasteiger partial charge in [-0.05, 0) is 59.9 Å². The molecule has 3 aromatic carbocycles. The van der Waals surface area contributed by atoms with Crippen LogP contribution in [0.2, 0.25) is 0 Å². The Hall–Kier alpha value is -3.59. The van der Waals surface area contributed by atoms with Crippen LogP contribution in [0.25, 0.3) is 11.5 Å². The fourth-order valence-corrected chi connectivity index (χ4v) is 4.14. The molecule has 0 saturated heterocycles. The fourth-order valence-electron chi connectivity index (χ4n) is 4.14. The first-order valence-electron chi connectivity index (χ1n) is 12.1. The summed E-state index contributed by atoms with van der Waals surface area (Å²) in [7, 11) is 0. The number of oxazole rings is 1. The van der Waals surface area contributed by atoms with Crippen molar-refractivity contribution in [1.29, 1.82) is 0 Å². The summed E-state index contributed by atoms with van der Waals surface area (Å²) in [6.45, 7) is 2.77. The van der Waals surface area contributed by atoms with E-state index in [1.54, 1.807) is 24.3 Å². The van der Waals surface area contributed by atoms with Gasteiger partial charge in [-0.1, -0.05) is 37.3 Å². The lowest BCUT2D eigenvalue weighted by atomic mass is 9.99. The number of hydrogen-bond acceptors (Lipinski definition) is 5. The first-order chi connectivity index (χ1) is 17.9. The summed E-state index contributed by atoms with van der Waals surface area (Å²) in [4.78, 5) is 17.2. The van der Waals surface area contributed by atoms with E-state index in [0.717, 1.165) is 18.1 Å². The molecule has 0 saturated carbocycles. The van der Waals surface area contributed by atoms with Crippen LogP contribution in [0.5, 0.6) is 0 Å². The maximum absolute atomic E-state index is 13.8. The standard InChI is InChI=1S/C29H29F2N3O3.ClH/c1-2-19-5-3-6-20(11-19)17-32-18-27(35)26(14-21-12-24(30)16-25(31)13-21)34-28(36)22-7-4-8-23(15-22)29-33-9-10-37-29;/h3-13,15-16,26-27,32,35H,2,14,17-18H2,1H3,(H,34,36);1H/t26-,27-;/m0./s1. The number of aliphatic hydroxyl groups is 1. The highest BCUT2D eigenvalue weighted by Crippen LogP contribution is 2.19. The number of rotatable bonds is 11. The van der Waals surface area contributed by atoms with E-state index in [9.17, 15) is 18.7 Å². The van der Waals surface area contributed by atoms with Gasteiger partial charge in [-0.15, -0.1) is 12.4 Å². The van der Waals surface area contributed by atoms with Crippen LogP contribution in [0.15, 0.2) is 83.6 Å². The van der Waals surface area contributed by atoms with Gasteiger partial charge in [0.2, 0.25) is 5.89 Å². The van der Waals surface area contributed by atoms with Gasteiger partial charge in [0.1, 0.15) is 17.9 Å². The number of carbonyl (C=O) groups is 1. The maximum Gasteiger partial charge on any atom is 0.251 e. The number of aromatic nitrogens is 1. The van der Waals surface area contributed by atoms with Gasteiger partial charge in [-0.3, -0.25) is 4.79 Å². The Morgan fingerprint density at radius 1 is 1.00 bits per heavy atom. The molecular weight excluding hydrogens is 512 g/mol. The summed E-state index contributed by atoms with van der Waals surface area (Å²) in [6.07, 6.45) is 2.88. The van der Waals surface area contributed by atoms with Crippen molar-refractivity contribution in [3.8, 4) is 11.5 Å². The van der Waals surface area contributed by atoms with E-state index in [-0.39, 0.29) is 25.4 Å². The van der Waals surface area contributed by atoms with Crippen LogP contribution >= 0.6 is 12.4 Å². The largest absolute Gasteiger partial charge is 0.445 e. The number of aryl methyl sites for hydroxylation is 1. The van der Waals surface area contributed by atoms with Crippen molar-refractivity contribution in [3.05, 3.63) is 113 Å². The quantitative estimate of drug-likeness (QED) is 0.246. The molecule has 3 N–H and O–H groups in total. The Morgan fingerprint density at radius 3 is 2.45 bits per heavy atom. The van der Waals surface area contributed by atoms with Crippen molar-refractivity contribution in [3.63, 3.8) is 0 Å². The molecule has 1 amide bonds. The molecular formula is C29H30ClF2N3O3. The summed E-state index contributed by atoms with van der Waals surface area (Å²) in [6, 6.07) is 17.2. The molecule has 0 unspecified atom stereocenters. The third-order valence-electron chi connectivity index (χ3n) is 6.05. The Labute approximate surface area is 226 Å². The fraction of sp³-hybridized carbons (Fsp3) is 0.241. The highest BCUT2D eigenvalue weighted by Gasteiger charge is 2.23. The molecule has 200 valence electrons. The first kappa shape index (κ1) is 29.0. The average molecular weight is 542 g/mol. The van der Waals surface area contributed by atoms with Gasteiger partial charge in [0.25, 0.3) is 5.91 Å². The zero-order valence-electron chi connectivity index (χ0n) is 20.9. The van der Waals surface area contributed by atoms with E-state index in [1.165, 1.54) is 30.2 Å². The average Bonchev–Trinajstić information content (AvgIpc) is 3.43. The predicted molar refractivity (Wildman–Crippen MR) is 144 cm³/mol. The molecule has 0 spiro atoms. The number of hydrogen-bond donors (Lipinski definition) is 3. The lowest BCUT2D eigenvalue weighted by molar-refractivity contribution is 0.0830. The minimum Gasteiger partial charge on any atom is -0.445 e. The zero-order valence-corrected chi connectivity index (χ0v) is 21.7. The van der Waals surface area contributed by atoms with Crippen molar-refractivity contribution in [2.75, 3.05) is 6.54 Å². The molecule has 9 heteroatoms. The van der Waals surface area contributed by atoms with Crippen LogP contribution in [0.3, 0.4) is 0 Å². The van der Waals surface area contributed by atoms with Gasteiger partial charge in [0, 0.05) is 30.3 Å². The summed E-state index contributed by atoms with van der Waals surface area (Å²) < 4.78 is 33.0. The van der Waals surface area contributed by atoms with E-state index in [1.807, 2.05) is 12.1 Å². The number of benzene rings is 3. The molecule has 1 heterocycles. The van der Waals surface area contributed by atoms with E-state index in [0.29, 0.717) is 29.1 Å². The van der Waals surface area contributed by atoms with Crippen LogP contribution in [-0.4, -0.2) is 34.7 Å². The van der Waals surface area contributed by atoms with Gasteiger partial charge >= 0.3 is 0 Å². The van der Waals surface area contributed by atoms with Gasteiger partial charge in [0.15, 0.2) is 0 Å². The molecule has 6 nitrogen and oxygen atoms in total. The van der Waals surface area contributed by atoms with Crippen LogP contribution in [0.4, 0.5) is 8.78 Å². The van der Waals surface area contributed by atoms with E-state index >= 15 is 0 Å². The molecule has 0 radical (unpaired) electrons. The van der Waals surface area contributed by atoms with Crippen LogP contribution in [0.1, 0.15) is 34.0 Å². The number of amides is 1. The maximum atomic E-state index is 13.8. The second kappa shape index (κ2) is 13.8. The van der Waals surface area contributed by atoms with Crippen LogP contribution in [-0.2, 0) is 19.4 Å². The second-order valence-electron chi connectivity index (χ2n) is 8.85. The summed E-state index contributed by atoms with van der Waals surface area (Å²) in [5.74, 6) is -1.51. The predicted octanol–water partition coefficient (Wildman–Crippen LogP) is 5.10. The van der Waals surface area contributed by atoms with E-state index in [2.05, 4.69) is 34.7 Å². The van der Waals surface area contributed by atoms with E-state index in [4.69, 9.17) is 4.42 Å². The molecule has 2 atom stereocenters. The number of carbonyl (C=O) groups excluding carboxylic acids is 1. The third-order valence-corrected chi connectivity index (χ3v) is 6.05. The Morgan fingerprint density at radius 2 is 1.74 bits per heavy atom. The molecule has 38 heavy (non-hydrogen) atoms. The number of nitrogens with zero attached hydrogens (tertiary/aromatic N) is 1. The molecule has 0 fully saturated rings. The Kier molecular flexibility index (Phi) is 10.5. The number of halogens is 3. The Bertz CT molecular complexity index is 1310. The van der Waals surface area contributed by atoms with Gasteiger partial charge in [-0.25, -0.2) is 13.8 Å².